The van der Waals surface area contributed by atoms with Gasteiger partial charge in [0.1, 0.15) is 23.9 Å². The Balaban J connectivity index is 3.14. The van der Waals surface area contributed by atoms with Gasteiger partial charge in [-0.05, 0) is 42.9 Å². The molecule has 0 radical (unpaired) electrons. The highest BCUT2D eigenvalue weighted by Crippen LogP contribution is 2.13. The maximum absolute atomic E-state index is 13.3. The number of primary amides is 2. The van der Waals surface area contributed by atoms with Crippen molar-refractivity contribution in [3.63, 3.8) is 0 Å². The van der Waals surface area contributed by atoms with E-state index in [2.05, 4.69) is 16.0 Å². The Morgan fingerprint density at radius 2 is 1.26 bits per heavy atom. The van der Waals surface area contributed by atoms with E-state index in [9.17, 15) is 39.0 Å². The van der Waals surface area contributed by atoms with Crippen molar-refractivity contribution >= 4 is 35.5 Å². The topological polar surface area (TPSA) is 257 Å². The highest BCUT2D eigenvalue weighted by Gasteiger charge is 2.31. The van der Waals surface area contributed by atoms with Gasteiger partial charge in [0.05, 0.1) is 6.04 Å². The molecule has 0 spiro atoms. The average molecular weight is 551 g/mol. The third-order valence-electron chi connectivity index (χ3n) is 5.68. The molecule has 1 aromatic rings. The summed E-state index contributed by atoms with van der Waals surface area (Å²) in [5.41, 5.74) is 16.5. The fourth-order valence-electron chi connectivity index (χ4n) is 3.58. The molecule has 0 saturated carbocycles. The van der Waals surface area contributed by atoms with E-state index >= 15 is 0 Å². The lowest BCUT2D eigenvalue weighted by atomic mass is 10.00. The van der Waals surface area contributed by atoms with Crippen LogP contribution in [-0.4, -0.2) is 69.9 Å². The number of carbonyl (C=O) groups excluding carboxylic acids is 5. The molecule has 14 nitrogen and oxygen atoms in total. The summed E-state index contributed by atoms with van der Waals surface area (Å²) in [6.45, 7) is 3.63. The van der Waals surface area contributed by atoms with Gasteiger partial charge in [0.25, 0.3) is 0 Å². The summed E-state index contributed by atoms with van der Waals surface area (Å²) in [6.07, 6.45) is -0.587. The van der Waals surface area contributed by atoms with Crippen LogP contribution in [0.4, 0.5) is 0 Å². The van der Waals surface area contributed by atoms with E-state index in [1.807, 2.05) is 13.8 Å². The second kappa shape index (κ2) is 15.9. The van der Waals surface area contributed by atoms with E-state index in [0.29, 0.717) is 5.56 Å². The highest BCUT2D eigenvalue weighted by atomic mass is 16.4. The molecule has 0 aromatic heterocycles. The third kappa shape index (κ3) is 12.7. The monoisotopic (exact) mass is 550 g/mol. The Morgan fingerprint density at radius 3 is 1.77 bits per heavy atom. The van der Waals surface area contributed by atoms with Crippen LogP contribution in [0.2, 0.25) is 0 Å². The molecule has 0 aliphatic heterocycles. The smallest absolute Gasteiger partial charge is 0.326 e. The van der Waals surface area contributed by atoms with Gasteiger partial charge in [0, 0.05) is 19.3 Å². The molecule has 14 heteroatoms. The van der Waals surface area contributed by atoms with Crippen molar-refractivity contribution in [3.8, 4) is 5.75 Å². The van der Waals surface area contributed by atoms with Crippen LogP contribution in [0.25, 0.3) is 0 Å². The lowest BCUT2D eigenvalue weighted by Crippen LogP contribution is -2.58. The van der Waals surface area contributed by atoms with Gasteiger partial charge in [-0.1, -0.05) is 26.0 Å². The number of benzene rings is 1. The number of hydrogen-bond donors (Lipinski definition) is 8. The van der Waals surface area contributed by atoms with Gasteiger partial charge in [0.2, 0.25) is 29.5 Å². The minimum absolute atomic E-state index is 0.0198. The number of hydrogen-bond acceptors (Lipinski definition) is 8. The predicted octanol–water partition coefficient (Wildman–Crippen LogP) is -1.62. The molecule has 4 unspecified atom stereocenters. The quantitative estimate of drug-likeness (QED) is 0.111. The number of carbonyl (C=O) groups is 6. The molecule has 39 heavy (non-hydrogen) atoms. The van der Waals surface area contributed by atoms with Crippen LogP contribution in [0.15, 0.2) is 24.3 Å². The maximum Gasteiger partial charge on any atom is 0.326 e. The van der Waals surface area contributed by atoms with E-state index < -0.39 is 59.7 Å². The van der Waals surface area contributed by atoms with Crippen LogP contribution in [0, 0.1) is 5.92 Å². The van der Waals surface area contributed by atoms with Crippen LogP contribution in [0.3, 0.4) is 0 Å². The molecule has 0 fully saturated rings. The number of aromatic hydroxyl groups is 1. The summed E-state index contributed by atoms with van der Waals surface area (Å²) < 4.78 is 0. The number of nitrogens with two attached hydrogens (primary N) is 3. The van der Waals surface area contributed by atoms with Gasteiger partial charge in [-0.2, -0.15) is 0 Å². The Labute approximate surface area is 226 Å². The number of nitrogens with one attached hydrogen (secondary N) is 3. The molecule has 0 aliphatic rings. The van der Waals surface area contributed by atoms with Crippen LogP contribution >= 0.6 is 0 Å². The zero-order chi connectivity index (χ0) is 29.7. The first-order chi connectivity index (χ1) is 18.2. The minimum atomic E-state index is -1.45. The number of amides is 5. The van der Waals surface area contributed by atoms with Crippen molar-refractivity contribution in [2.24, 2.45) is 23.1 Å². The highest BCUT2D eigenvalue weighted by molar-refractivity contribution is 5.94. The zero-order valence-electron chi connectivity index (χ0n) is 22.0. The fraction of sp³-hybridized carbons (Fsp3) is 0.520. The first-order valence-corrected chi connectivity index (χ1v) is 12.4. The first kappa shape index (κ1) is 32.8. The summed E-state index contributed by atoms with van der Waals surface area (Å²) in [5, 5.41) is 26.4. The van der Waals surface area contributed by atoms with Crippen LogP contribution < -0.4 is 33.2 Å². The molecule has 0 bridgehead atoms. The lowest BCUT2D eigenvalue weighted by Gasteiger charge is -2.26. The molecule has 5 amide bonds. The minimum Gasteiger partial charge on any atom is -0.508 e. The second-order valence-electron chi connectivity index (χ2n) is 9.64. The van der Waals surface area contributed by atoms with Crippen LogP contribution in [0.5, 0.6) is 5.75 Å². The number of phenolic OH excluding ortho intramolecular Hbond substituents is 1. The standard InChI is InChI=1S/C25H38N6O8/c1-13(2)11-18(30-22(35)16(26)7-9-20(27)33)23(36)31-19(12-14-3-5-15(32)6-4-14)24(37)29-17(25(38)39)8-10-21(28)34/h3-6,13,16-19,32H,7-12,26H2,1-2H3,(H2,27,33)(H2,28,34)(H,29,37)(H,30,35)(H,31,36)(H,38,39). The Morgan fingerprint density at radius 1 is 0.769 bits per heavy atom. The molecule has 0 heterocycles. The van der Waals surface area contributed by atoms with E-state index in [0.717, 1.165) is 0 Å². The normalized spacial score (nSPS) is 13.9. The summed E-state index contributed by atoms with van der Waals surface area (Å²) in [5.74, 6) is -5.10. The van der Waals surface area contributed by atoms with Gasteiger partial charge in [-0.25, -0.2) is 4.79 Å². The van der Waals surface area contributed by atoms with Crippen molar-refractivity contribution in [2.75, 3.05) is 0 Å². The number of carboxylic acids is 1. The van der Waals surface area contributed by atoms with E-state index in [4.69, 9.17) is 17.2 Å². The Bertz CT molecular complexity index is 1030. The third-order valence-corrected chi connectivity index (χ3v) is 5.68. The van der Waals surface area contributed by atoms with Crippen LogP contribution in [0.1, 0.15) is 51.5 Å². The maximum atomic E-state index is 13.3. The van der Waals surface area contributed by atoms with E-state index in [-0.39, 0.29) is 50.2 Å². The SMILES string of the molecule is CC(C)CC(NC(=O)C(N)CCC(N)=O)C(=O)NC(Cc1ccc(O)cc1)C(=O)NC(CCC(N)=O)C(=O)O. The number of rotatable bonds is 17. The molecule has 1 aromatic carbocycles. The molecule has 0 saturated heterocycles. The molecule has 1 rings (SSSR count). The molecular formula is C25H38N6O8. The number of aliphatic carboxylic acids is 1. The van der Waals surface area contributed by atoms with Crippen molar-refractivity contribution < 1.29 is 39.0 Å². The van der Waals surface area contributed by atoms with E-state index in [1.165, 1.54) is 24.3 Å². The van der Waals surface area contributed by atoms with Gasteiger partial charge in [-0.3, -0.25) is 24.0 Å². The molecular weight excluding hydrogens is 512 g/mol. The molecule has 216 valence electrons. The van der Waals surface area contributed by atoms with E-state index in [1.54, 1.807) is 0 Å². The van der Waals surface area contributed by atoms with Crippen molar-refractivity contribution in [1.82, 2.24) is 16.0 Å². The van der Waals surface area contributed by atoms with Gasteiger partial charge >= 0.3 is 5.97 Å². The largest absolute Gasteiger partial charge is 0.508 e. The zero-order valence-corrected chi connectivity index (χ0v) is 22.0. The Hall–Kier alpha value is -4.20. The summed E-state index contributed by atoms with van der Waals surface area (Å²) >= 11 is 0. The summed E-state index contributed by atoms with van der Waals surface area (Å²) in [4.78, 5) is 72.7. The van der Waals surface area contributed by atoms with Gasteiger partial charge in [0.15, 0.2) is 0 Å². The predicted molar refractivity (Wildman–Crippen MR) is 140 cm³/mol. The summed E-state index contributed by atoms with van der Waals surface area (Å²) in [7, 11) is 0. The fourth-order valence-corrected chi connectivity index (χ4v) is 3.58. The first-order valence-electron chi connectivity index (χ1n) is 12.4. The number of carboxylic acid groups (broad SMARTS) is 1. The second-order valence-corrected chi connectivity index (χ2v) is 9.64. The Kier molecular flexibility index (Phi) is 13.4. The average Bonchev–Trinajstić information content (AvgIpc) is 2.84. The van der Waals surface area contributed by atoms with Gasteiger partial charge in [-0.15, -0.1) is 0 Å². The van der Waals surface area contributed by atoms with Crippen LogP contribution in [-0.2, 0) is 35.2 Å². The van der Waals surface area contributed by atoms with Crippen molar-refractivity contribution in [1.29, 1.82) is 0 Å². The van der Waals surface area contributed by atoms with Crippen molar-refractivity contribution in [3.05, 3.63) is 29.8 Å². The molecule has 11 N–H and O–H groups in total. The lowest BCUT2D eigenvalue weighted by molar-refractivity contribution is -0.142. The summed E-state index contributed by atoms with van der Waals surface area (Å²) in [6, 6.07) is 0.882. The van der Waals surface area contributed by atoms with Gasteiger partial charge < -0.3 is 43.4 Å². The van der Waals surface area contributed by atoms with Crippen molar-refractivity contribution in [2.45, 2.75) is 76.5 Å². The molecule has 4 atom stereocenters. The number of phenols is 1. The molecule has 0 aliphatic carbocycles.